The highest BCUT2D eigenvalue weighted by Gasteiger charge is 2.41. The monoisotopic (exact) mass is 244 g/mol. The molecule has 1 saturated carbocycles. The van der Waals surface area contributed by atoms with Crippen LogP contribution in [0.25, 0.3) is 0 Å². The first-order valence-electron chi connectivity index (χ1n) is 6.43. The average Bonchev–Trinajstić information content (AvgIpc) is 2.30. The van der Waals surface area contributed by atoms with Gasteiger partial charge >= 0.3 is 0 Å². The minimum absolute atomic E-state index is 0.0429. The van der Waals surface area contributed by atoms with Crippen LogP contribution in [0.4, 0.5) is 0 Å². The summed E-state index contributed by atoms with van der Waals surface area (Å²) in [7, 11) is 1.62. The fourth-order valence-corrected chi connectivity index (χ4v) is 1.94. The molecule has 1 rings (SSSR count). The van der Waals surface area contributed by atoms with E-state index in [2.05, 4.69) is 13.8 Å². The van der Waals surface area contributed by atoms with Crippen LogP contribution in [0.3, 0.4) is 0 Å². The van der Waals surface area contributed by atoms with Crippen molar-refractivity contribution in [2.24, 2.45) is 5.92 Å². The molecule has 0 amide bonds. The molecule has 0 aromatic carbocycles. The summed E-state index contributed by atoms with van der Waals surface area (Å²) in [4.78, 5) is 11.4. The second kappa shape index (κ2) is 7.80. The summed E-state index contributed by atoms with van der Waals surface area (Å²) in [6.07, 6.45) is 2.42. The second-order valence-electron chi connectivity index (χ2n) is 4.72. The number of methoxy groups -OCH3 is 1. The van der Waals surface area contributed by atoms with Crippen molar-refractivity contribution in [3.8, 4) is 0 Å². The van der Waals surface area contributed by atoms with E-state index in [1.165, 1.54) is 6.42 Å². The number of ketones is 1. The van der Waals surface area contributed by atoms with E-state index in [0.717, 1.165) is 13.0 Å². The summed E-state index contributed by atoms with van der Waals surface area (Å²) in [6.45, 7) is 6.03. The number of ether oxygens (including phenoxy) is 3. The molecular weight excluding hydrogens is 220 g/mol. The normalized spacial score (nSPS) is 25.7. The minimum atomic E-state index is -0.362. The van der Waals surface area contributed by atoms with Crippen molar-refractivity contribution in [3.63, 3.8) is 0 Å². The Bertz CT molecular complexity index is 229. The van der Waals surface area contributed by atoms with Crippen LogP contribution < -0.4 is 0 Å². The van der Waals surface area contributed by atoms with Gasteiger partial charge in [0, 0.05) is 20.1 Å². The molecule has 0 radical (unpaired) electrons. The zero-order valence-electron chi connectivity index (χ0n) is 11.1. The lowest BCUT2D eigenvalue weighted by atomic mass is 9.90. The maximum atomic E-state index is 11.4. The Labute approximate surface area is 104 Å². The number of hydrogen-bond acceptors (Lipinski definition) is 4. The van der Waals surface area contributed by atoms with E-state index in [0.29, 0.717) is 25.6 Å². The fourth-order valence-electron chi connectivity index (χ4n) is 1.94. The largest absolute Gasteiger partial charge is 0.382 e. The number of hydrogen-bond donors (Lipinski definition) is 0. The molecule has 3 atom stereocenters. The first-order chi connectivity index (χ1) is 8.19. The minimum Gasteiger partial charge on any atom is -0.382 e. The maximum Gasteiger partial charge on any atom is 0.166 e. The molecule has 17 heavy (non-hydrogen) atoms. The molecule has 0 aromatic heterocycles. The fraction of sp³-hybridized carbons (Fsp3) is 0.923. The lowest BCUT2D eigenvalue weighted by Gasteiger charge is -2.35. The number of carbonyl (C=O) groups excluding carboxylic acids is 1. The van der Waals surface area contributed by atoms with E-state index in [1.54, 1.807) is 7.11 Å². The van der Waals surface area contributed by atoms with Crippen molar-refractivity contribution in [1.82, 2.24) is 0 Å². The van der Waals surface area contributed by atoms with E-state index in [-0.39, 0.29) is 18.0 Å². The summed E-state index contributed by atoms with van der Waals surface area (Å²) >= 11 is 0. The Kier molecular flexibility index (Phi) is 6.70. The first kappa shape index (κ1) is 14.6. The van der Waals surface area contributed by atoms with Crippen LogP contribution >= 0.6 is 0 Å². The number of Topliss-reactive ketones (excluding diaryl/α,β-unsaturated/α-hetero) is 1. The molecule has 0 saturated heterocycles. The molecule has 0 N–H and O–H groups in total. The zero-order chi connectivity index (χ0) is 12.7. The summed E-state index contributed by atoms with van der Waals surface area (Å²) in [5.41, 5.74) is 0. The van der Waals surface area contributed by atoms with Gasteiger partial charge in [-0.25, -0.2) is 0 Å². The Balaban J connectivity index is 2.17. The van der Waals surface area contributed by atoms with Crippen molar-refractivity contribution in [3.05, 3.63) is 0 Å². The lowest BCUT2D eigenvalue weighted by Crippen LogP contribution is -2.51. The van der Waals surface area contributed by atoms with Gasteiger partial charge in [0.2, 0.25) is 0 Å². The predicted molar refractivity (Wildman–Crippen MR) is 65.1 cm³/mol. The third kappa shape index (κ3) is 4.74. The molecule has 1 aliphatic rings. The third-order valence-electron chi connectivity index (χ3n) is 3.02. The van der Waals surface area contributed by atoms with E-state index >= 15 is 0 Å². The van der Waals surface area contributed by atoms with Crippen molar-refractivity contribution in [2.45, 2.75) is 45.3 Å². The van der Waals surface area contributed by atoms with Gasteiger partial charge in [-0.05, 0) is 12.3 Å². The van der Waals surface area contributed by atoms with Gasteiger partial charge in [0.1, 0.15) is 6.10 Å². The summed E-state index contributed by atoms with van der Waals surface area (Å²) in [5, 5.41) is 0. The average molecular weight is 244 g/mol. The molecule has 0 spiro atoms. The zero-order valence-corrected chi connectivity index (χ0v) is 11.1. The topological polar surface area (TPSA) is 44.8 Å². The molecule has 4 heteroatoms. The molecule has 0 bridgehead atoms. The van der Waals surface area contributed by atoms with E-state index in [9.17, 15) is 4.79 Å². The van der Waals surface area contributed by atoms with Crippen LogP contribution in [0.1, 0.15) is 33.1 Å². The highest BCUT2D eigenvalue weighted by molar-refractivity contribution is 5.90. The number of rotatable bonds is 9. The van der Waals surface area contributed by atoms with Gasteiger partial charge in [-0.2, -0.15) is 0 Å². The third-order valence-corrected chi connectivity index (χ3v) is 3.02. The van der Waals surface area contributed by atoms with Crippen molar-refractivity contribution in [2.75, 3.05) is 26.9 Å². The van der Waals surface area contributed by atoms with Crippen molar-refractivity contribution < 1.29 is 19.0 Å². The lowest BCUT2D eigenvalue weighted by molar-refractivity contribution is -0.169. The van der Waals surface area contributed by atoms with E-state index in [4.69, 9.17) is 14.2 Å². The molecule has 0 aromatic rings. The first-order valence-corrected chi connectivity index (χ1v) is 6.43. The molecule has 0 heterocycles. The highest BCUT2D eigenvalue weighted by Crippen LogP contribution is 2.24. The van der Waals surface area contributed by atoms with Gasteiger partial charge in [-0.1, -0.05) is 20.3 Å². The highest BCUT2D eigenvalue weighted by atomic mass is 16.6. The molecule has 1 fully saturated rings. The smallest absolute Gasteiger partial charge is 0.166 e. The van der Waals surface area contributed by atoms with Gasteiger partial charge in [0.05, 0.1) is 19.3 Å². The summed E-state index contributed by atoms with van der Waals surface area (Å²) in [6, 6.07) is 0. The van der Waals surface area contributed by atoms with Gasteiger partial charge in [0.25, 0.3) is 0 Å². The Morgan fingerprint density at radius 1 is 1.35 bits per heavy atom. The van der Waals surface area contributed by atoms with Crippen LogP contribution in [0.5, 0.6) is 0 Å². The van der Waals surface area contributed by atoms with Crippen LogP contribution in [0, 0.1) is 5.92 Å². The van der Waals surface area contributed by atoms with Crippen LogP contribution in [0.15, 0.2) is 0 Å². The SMILES string of the molecule is CCCC(C)COC1CC(=O)C1OCCOC. The van der Waals surface area contributed by atoms with E-state index in [1.807, 2.05) is 0 Å². The molecule has 3 unspecified atom stereocenters. The van der Waals surface area contributed by atoms with Crippen LogP contribution in [-0.2, 0) is 19.0 Å². The Morgan fingerprint density at radius 3 is 2.71 bits per heavy atom. The Morgan fingerprint density at radius 2 is 2.12 bits per heavy atom. The van der Waals surface area contributed by atoms with Crippen LogP contribution in [-0.4, -0.2) is 44.9 Å². The molecular formula is C13H24O4. The second-order valence-corrected chi connectivity index (χ2v) is 4.72. The van der Waals surface area contributed by atoms with Gasteiger partial charge in [0.15, 0.2) is 5.78 Å². The summed E-state index contributed by atoms with van der Waals surface area (Å²) < 4.78 is 16.0. The van der Waals surface area contributed by atoms with Gasteiger partial charge in [-0.3, -0.25) is 4.79 Å². The van der Waals surface area contributed by atoms with Crippen molar-refractivity contribution in [1.29, 1.82) is 0 Å². The van der Waals surface area contributed by atoms with Gasteiger partial charge in [-0.15, -0.1) is 0 Å². The molecule has 0 aliphatic heterocycles. The summed E-state index contributed by atoms with van der Waals surface area (Å²) in [5.74, 6) is 0.699. The van der Waals surface area contributed by atoms with Crippen LogP contribution in [0.2, 0.25) is 0 Å². The molecule has 100 valence electrons. The van der Waals surface area contributed by atoms with E-state index < -0.39 is 0 Å². The quantitative estimate of drug-likeness (QED) is 0.580. The maximum absolute atomic E-state index is 11.4. The van der Waals surface area contributed by atoms with Crippen molar-refractivity contribution >= 4 is 5.78 Å². The molecule has 4 nitrogen and oxygen atoms in total. The Hall–Kier alpha value is -0.450. The van der Waals surface area contributed by atoms with Gasteiger partial charge < -0.3 is 14.2 Å². The number of carbonyl (C=O) groups is 1. The molecule has 1 aliphatic carbocycles. The predicted octanol–water partition coefficient (Wildman–Crippen LogP) is 1.81. The standard InChI is InChI=1S/C13H24O4/c1-4-5-10(2)9-17-12-8-11(14)13(12)16-7-6-15-3/h10,12-13H,4-9H2,1-3H3.